The molecule has 0 radical (unpaired) electrons. The molecule has 0 fully saturated rings. The molecule has 0 saturated carbocycles. The predicted molar refractivity (Wildman–Crippen MR) is 152 cm³/mol. The summed E-state index contributed by atoms with van der Waals surface area (Å²) in [7, 11) is -4.09. The Hall–Kier alpha value is -3.36. The molecule has 3 aromatic rings. The van der Waals surface area contributed by atoms with Gasteiger partial charge in [0, 0.05) is 17.6 Å². The van der Waals surface area contributed by atoms with Crippen molar-refractivity contribution >= 4 is 39.1 Å². The molecule has 9 heteroatoms. The van der Waals surface area contributed by atoms with Crippen LogP contribution in [-0.4, -0.2) is 43.8 Å². The maximum atomic E-state index is 13.9. The summed E-state index contributed by atoms with van der Waals surface area (Å²) in [6.07, 6.45) is 0.730. The quantitative estimate of drug-likeness (QED) is 0.353. The van der Waals surface area contributed by atoms with Crippen LogP contribution in [0.15, 0.2) is 83.8 Å². The lowest BCUT2D eigenvalue weighted by molar-refractivity contribution is -0.139. The minimum Gasteiger partial charge on any atom is -0.352 e. The summed E-state index contributed by atoms with van der Waals surface area (Å²) in [6.45, 7) is 6.92. The first kappa shape index (κ1) is 29.2. The van der Waals surface area contributed by atoms with E-state index in [4.69, 9.17) is 11.6 Å². The second-order valence-electron chi connectivity index (χ2n) is 9.27. The predicted octanol–water partition coefficient (Wildman–Crippen LogP) is 5.18. The summed E-state index contributed by atoms with van der Waals surface area (Å²) < 4.78 is 28.5. The minimum absolute atomic E-state index is 0.0424. The summed E-state index contributed by atoms with van der Waals surface area (Å²) in [6, 6.07) is 21.0. The number of sulfonamides is 1. The smallest absolute Gasteiger partial charge is 0.264 e. The third-order valence-corrected chi connectivity index (χ3v) is 8.56. The van der Waals surface area contributed by atoms with Crippen molar-refractivity contribution in [2.75, 3.05) is 10.8 Å². The molecular formula is C29H34ClN3O4S. The van der Waals surface area contributed by atoms with Gasteiger partial charge in [-0.1, -0.05) is 72.6 Å². The Labute approximate surface area is 230 Å². The number of aryl methyl sites for hydroxylation is 1. The highest BCUT2D eigenvalue weighted by Gasteiger charge is 2.33. The Bertz CT molecular complexity index is 1350. The van der Waals surface area contributed by atoms with Gasteiger partial charge in [0.1, 0.15) is 12.6 Å². The van der Waals surface area contributed by atoms with E-state index < -0.39 is 28.5 Å². The van der Waals surface area contributed by atoms with Crippen LogP contribution < -0.4 is 9.62 Å². The molecule has 202 valence electrons. The van der Waals surface area contributed by atoms with Crippen LogP contribution in [0, 0.1) is 6.92 Å². The number of anilines is 1. The lowest BCUT2D eigenvalue weighted by Crippen LogP contribution is -2.52. The molecule has 0 saturated heterocycles. The van der Waals surface area contributed by atoms with Gasteiger partial charge in [-0.3, -0.25) is 13.9 Å². The van der Waals surface area contributed by atoms with E-state index in [2.05, 4.69) is 5.32 Å². The summed E-state index contributed by atoms with van der Waals surface area (Å²) >= 11 is 6.39. The monoisotopic (exact) mass is 555 g/mol. The van der Waals surface area contributed by atoms with Gasteiger partial charge < -0.3 is 10.2 Å². The van der Waals surface area contributed by atoms with Gasteiger partial charge in [-0.2, -0.15) is 0 Å². The Balaban J connectivity index is 2.02. The lowest BCUT2D eigenvalue weighted by atomic mass is 10.1. The van der Waals surface area contributed by atoms with E-state index in [-0.39, 0.29) is 23.4 Å². The summed E-state index contributed by atoms with van der Waals surface area (Å²) in [5, 5.41) is 3.37. The van der Waals surface area contributed by atoms with Crippen LogP contribution in [0.5, 0.6) is 0 Å². The van der Waals surface area contributed by atoms with Gasteiger partial charge in [-0.15, -0.1) is 0 Å². The fourth-order valence-electron chi connectivity index (χ4n) is 3.82. The molecule has 0 unspecified atom stereocenters. The zero-order chi connectivity index (χ0) is 27.9. The van der Waals surface area contributed by atoms with Crippen LogP contribution in [0.3, 0.4) is 0 Å². The molecule has 0 spiro atoms. The van der Waals surface area contributed by atoms with Crippen molar-refractivity contribution < 1.29 is 18.0 Å². The maximum absolute atomic E-state index is 13.9. The molecule has 0 heterocycles. The van der Waals surface area contributed by atoms with E-state index >= 15 is 0 Å². The molecule has 1 N–H and O–H groups in total. The number of hydrogen-bond acceptors (Lipinski definition) is 4. The van der Waals surface area contributed by atoms with Crippen molar-refractivity contribution in [2.45, 2.75) is 57.6 Å². The number of hydrogen-bond donors (Lipinski definition) is 1. The number of benzene rings is 3. The Morgan fingerprint density at radius 1 is 0.921 bits per heavy atom. The topological polar surface area (TPSA) is 86.8 Å². The number of rotatable bonds is 11. The maximum Gasteiger partial charge on any atom is 0.264 e. The van der Waals surface area contributed by atoms with Crippen LogP contribution in [0.4, 0.5) is 5.69 Å². The molecule has 7 nitrogen and oxygen atoms in total. The van der Waals surface area contributed by atoms with Crippen molar-refractivity contribution in [1.82, 2.24) is 10.2 Å². The van der Waals surface area contributed by atoms with Gasteiger partial charge in [0.05, 0.1) is 10.6 Å². The van der Waals surface area contributed by atoms with E-state index in [0.29, 0.717) is 16.3 Å². The zero-order valence-electron chi connectivity index (χ0n) is 22.1. The van der Waals surface area contributed by atoms with Crippen molar-refractivity contribution in [3.8, 4) is 0 Å². The first-order valence-corrected chi connectivity index (χ1v) is 14.3. The fourth-order valence-corrected chi connectivity index (χ4v) is 5.45. The third-order valence-electron chi connectivity index (χ3n) is 6.40. The van der Waals surface area contributed by atoms with Gasteiger partial charge in [0.25, 0.3) is 10.0 Å². The second-order valence-corrected chi connectivity index (χ2v) is 11.5. The molecule has 3 rings (SSSR count). The van der Waals surface area contributed by atoms with Gasteiger partial charge in [0.15, 0.2) is 0 Å². The molecule has 0 aliphatic carbocycles. The Morgan fingerprint density at radius 2 is 1.53 bits per heavy atom. The van der Waals surface area contributed by atoms with E-state index in [1.54, 1.807) is 73.7 Å². The second kappa shape index (κ2) is 12.9. The van der Waals surface area contributed by atoms with Crippen molar-refractivity contribution in [2.24, 2.45) is 0 Å². The van der Waals surface area contributed by atoms with Gasteiger partial charge >= 0.3 is 0 Å². The van der Waals surface area contributed by atoms with Crippen molar-refractivity contribution in [3.63, 3.8) is 0 Å². The van der Waals surface area contributed by atoms with Crippen LogP contribution in [-0.2, 0) is 26.2 Å². The van der Waals surface area contributed by atoms with Gasteiger partial charge in [-0.05, 0) is 63.1 Å². The Kier molecular flexibility index (Phi) is 9.94. The number of halogens is 1. The van der Waals surface area contributed by atoms with E-state index in [0.717, 1.165) is 16.3 Å². The molecule has 0 bridgehead atoms. The standard InChI is InChI=1S/C29H34ClN3O4S/c1-5-22(3)31-29(35)23(4)32(19-24-11-9-10-14-27(24)30)28(34)20-33(25-17-15-21(2)16-18-25)38(36,37)26-12-7-6-8-13-26/h6-18,22-23H,5,19-20H2,1-4H3,(H,31,35)/t22-,23-/m1/s1. The fraction of sp³-hybridized carbons (Fsp3) is 0.310. The molecule has 38 heavy (non-hydrogen) atoms. The highest BCUT2D eigenvalue weighted by Crippen LogP contribution is 2.25. The number of nitrogens with one attached hydrogen (secondary N) is 1. The molecule has 3 aromatic carbocycles. The SMILES string of the molecule is CC[C@@H](C)NC(=O)[C@@H](C)N(Cc1ccccc1Cl)C(=O)CN(c1ccc(C)cc1)S(=O)(=O)c1ccccc1. The number of carbonyl (C=O) groups excluding carboxylic acids is 2. The Morgan fingerprint density at radius 3 is 2.13 bits per heavy atom. The first-order valence-electron chi connectivity index (χ1n) is 12.5. The molecule has 2 amide bonds. The number of carbonyl (C=O) groups is 2. The highest BCUT2D eigenvalue weighted by molar-refractivity contribution is 7.92. The van der Waals surface area contributed by atoms with Gasteiger partial charge in [0.2, 0.25) is 11.8 Å². The minimum atomic E-state index is -4.09. The van der Waals surface area contributed by atoms with Crippen LogP contribution in [0.1, 0.15) is 38.3 Å². The molecule has 0 aromatic heterocycles. The van der Waals surface area contributed by atoms with Crippen molar-refractivity contribution in [3.05, 3.63) is 95.0 Å². The summed E-state index contributed by atoms with van der Waals surface area (Å²) in [5.41, 5.74) is 1.95. The normalized spacial score (nSPS) is 12.9. The van der Waals surface area contributed by atoms with Crippen LogP contribution in [0.2, 0.25) is 5.02 Å². The van der Waals surface area contributed by atoms with E-state index in [1.165, 1.54) is 17.0 Å². The average Bonchev–Trinajstić information content (AvgIpc) is 2.91. The molecule has 2 atom stereocenters. The molecule has 0 aliphatic heterocycles. The molecular weight excluding hydrogens is 522 g/mol. The summed E-state index contributed by atoms with van der Waals surface area (Å²) in [5.74, 6) is -0.857. The first-order chi connectivity index (χ1) is 18.0. The summed E-state index contributed by atoms with van der Waals surface area (Å²) in [4.78, 5) is 28.4. The number of amides is 2. The van der Waals surface area contributed by atoms with E-state index in [1.807, 2.05) is 20.8 Å². The van der Waals surface area contributed by atoms with E-state index in [9.17, 15) is 18.0 Å². The molecule has 0 aliphatic rings. The van der Waals surface area contributed by atoms with Gasteiger partial charge in [-0.25, -0.2) is 8.42 Å². The largest absolute Gasteiger partial charge is 0.352 e. The number of nitrogens with zero attached hydrogens (tertiary/aromatic N) is 2. The third kappa shape index (κ3) is 7.14. The lowest BCUT2D eigenvalue weighted by Gasteiger charge is -2.32. The van der Waals surface area contributed by atoms with Crippen LogP contribution >= 0.6 is 11.6 Å². The zero-order valence-corrected chi connectivity index (χ0v) is 23.7. The van der Waals surface area contributed by atoms with Crippen LogP contribution in [0.25, 0.3) is 0 Å². The highest BCUT2D eigenvalue weighted by atomic mass is 35.5. The van der Waals surface area contributed by atoms with Crippen molar-refractivity contribution in [1.29, 1.82) is 0 Å². The average molecular weight is 556 g/mol.